The maximum atomic E-state index is 11.9. The molecule has 0 saturated carbocycles. The van der Waals surface area contributed by atoms with E-state index in [0.29, 0.717) is 12.2 Å². The van der Waals surface area contributed by atoms with E-state index in [9.17, 15) is 14.7 Å². The van der Waals surface area contributed by atoms with Crippen molar-refractivity contribution in [1.82, 2.24) is 0 Å². The van der Waals surface area contributed by atoms with Gasteiger partial charge in [0.2, 0.25) is 0 Å². The molecule has 1 aromatic carbocycles. The standard InChI is InChI=1S/C15H15ClO6/c1-4-20-12-6-8(10(16)7-11(12)17)5-9-13(18)21-15(2,3)22-14(9)19/h5-7,17H,4H2,1-3H3. The second-order valence-corrected chi connectivity index (χ2v) is 5.42. The van der Waals surface area contributed by atoms with Crippen molar-refractivity contribution in [2.45, 2.75) is 26.6 Å². The van der Waals surface area contributed by atoms with E-state index >= 15 is 0 Å². The van der Waals surface area contributed by atoms with Gasteiger partial charge in [0.25, 0.3) is 5.79 Å². The van der Waals surface area contributed by atoms with Gasteiger partial charge in [0.05, 0.1) is 11.6 Å². The van der Waals surface area contributed by atoms with Crippen LogP contribution in [0.2, 0.25) is 5.02 Å². The number of aromatic hydroxyl groups is 1. The number of hydrogen-bond donors (Lipinski definition) is 1. The third-order valence-corrected chi connectivity index (χ3v) is 3.12. The van der Waals surface area contributed by atoms with Crippen LogP contribution >= 0.6 is 11.6 Å². The number of carbonyl (C=O) groups excluding carboxylic acids is 2. The lowest BCUT2D eigenvalue weighted by Gasteiger charge is -2.29. The number of benzene rings is 1. The molecule has 1 heterocycles. The van der Waals surface area contributed by atoms with Crippen molar-refractivity contribution in [2.24, 2.45) is 0 Å². The molecular weight excluding hydrogens is 312 g/mol. The molecule has 7 heteroatoms. The minimum atomic E-state index is -1.30. The Bertz CT molecular complexity index is 640. The first-order valence-electron chi connectivity index (χ1n) is 6.57. The van der Waals surface area contributed by atoms with Gasteiger partial charge in [0, 0.05) is 19.9 Å². The van der Waals surface area contributed by atoms with Crippen LogP contribution in [0.3, 0.4) is 0 Å². The average Bonchev–Trinajstić information content (AvgIpc) is 2.37. The minimum absolute atomic E-state index is 0.135. The lowest BCUT2D eigenvalue weighted by molar-refractivity contribution is -0.222. The van der Waals surface area contributed by atoms with Crippen LogP contribution in [-0.4, -0.2) is 29.4 Å². The van der Waals surface area contributed by atoms with Gasteiger partial charge in [-0.05, 0) is 24.6 Å². The summed E-state index contributed by atoms with van der Waals surface area (Å²) < 4.78 is 15.2. The fraction of sp³-hybridized carbons (Fsp3) is 0.333. The third-order valence-electron chi connectivity index (χ3n) is 2.79. The number of rotatable bonds is 3. The van der Waals surface area contributed by atoms with Crippen molar-refractivity contribution in [3.63, 3.8) is 0 Å². The molecule has 1 aliphatic rings. The van der Waals surface area contributed by atoms with Crippen molar-refractivity contribution < 1.29 is 28.9 Å². The van der Waals surface area contributed by atoms with Crippen molar-refractivity contribution >= 4 is 29.6 Å². The molecule has 0 aromatic heterocycles. The minimum Gasteiger partial charge on any atom is -0.504 e. The van der Waals surface area contributed by atoms with E-state index in [4.69, 9.17) is 25.8 Å². The molecule has 1 aromatic rings. The Labute approximate surface area is 132 Å². The normalized spacial score (nSPS) is 16.8. The van der Waals surface area contributed by atoms with Gasteiger partial charge < -0.3 is 19.3 Å². The van der Waals surface area contributed by atoms with E-state index in [0.717, 1.165) is 0 Å². The zero-order valence-corrected chi connectivity index (χ0v) is 13.1. The van der Waals surface area contributed by atoms with Crippen LogP contribution in [0.4, 0.5) is 0 Å². The molecular formula is C15H15ClO6. The summed E-state index contributed by atoms with van der Waals surface area (Å²) in [4.78, 5) is 23.8. The fourth-order valence-electron chi connectivity index (χ4n) is 1.87. The van der Waals surface area contributed by atoms with Gasteiger partial charge in [-0.15, -0.1) is 0 Å². The highest BCUT2D eigenvalue weighted by atomic mass is 35.5. The quantitative estimate of drug-likeness (QED) is 0.522. The van der Waals surface area contributed by atoms with E-state index in [1.165, 1.54) is 32.1 Å². The van der Waals surface area contributed by atoms with E-state index in [1.54, 1.807) is 6.92 Å². The highest BCUT2D eigenvalue weighted by Gasteiger charge is 2.39. The summed E-state index contributed by atoms with van der Waals surface area (Å²) in [5.74, 6) is -2.85. The van der Waals surface area contributed by atoms with Crippen LogP contribution in [0.1, 0.15) is 26.3 Å². The van der Waals surface area contributed by atoms with Crippen LogP contribution < -0.4 is 4.74 Å². The van der Waals surface area contributed by atoms with Crippen molar-refractivity contribution in [3.8, 4) is 11.5 Å². The summed E-state index contributed by atoms with van der Waals surface area (Å²) in [6.07, 6.45) is 1.24. The van der Waals surface area contributed by atoms with E-state index in [1.807, 2.05) is 0 Å². The largest absolute Gasteiger partial charge is 0.504 e. The summed E-state index contributed by atoms with van der Waals surface area (Å²) in [6.45, 7) is 5.01. The van der Waals surface area contributed by atoms with Crippen LogP contribution in [-0.2, 0) is 19.1 Å². The van der Waals surface area contributed by atoms with Crippen molar-refractivity contribution in [3.05, 3.63) is 28.3 Å². The molecule has 0 spiro atoms. The summed E-state index contributed by atoms with van der Waals surface area (Å²) in [7, 11) is 0. The highest BCUT2D eigenvalue weighted by Crippen LogP contribution is 2.34. The van der Waals surface area contributed by atoms with Crippen LogP contribution in [0, 0.1) is 0 Å². The van der Waals surface area contributed by atoms with Gasteiger partial charge in [-0.1, -0.05) is 11.6 Å². The number of hydrogen-bond acceptors (Lipinski definition) is 6. The number of cyclic esters (lactones) is 2. The molecule has 1 aliphatic heterocycles. The molecule has 1 fully saturated rings. The SMILES string of the molecule is CCOc1cc(C=C2C(=O)OC(C)(C)OC2=O)c(Cl)cc1O. The zero-order valence-electron chi connectivity index (χ0n) is 12.3. The van der Waals surface area contributed by atoms with Gasteiger partial charge in [-0.25, -0.2) is 9.59 Å². The summed E-state index contributed by atoms with van der Waals surface area (Å²) in [5, 5.41) is 9.86. The molecule has 2 rings (SSSR count). The maximum Gasteiger partial charge on any atom is 0.348 e. The number of halogens is 1. The van der Waals surface area contributed by atoms with Crippen molar-refractivity contribution in [1.29, 1.82) is 0 Å². The predicted octanol–water partition coefficient (Wildman–Crippen LogP) is 2.66. The molecule has 22 heavy (non-hydrogen) atoms. The molecule has 0 aliphatic carbocycles. The Morgan fingerprint density at radius 2 is 1.86 bits per heavy atom. The van der Waals surface area contributed by atoms with Gasteiger partial charge >= 0.3 is 11.9 Å². The highest BCUT2D eigenvalue weighted by molar-refractivity contribution is 6.32. The summed E-state index contributed by atoms with van der Waals surface area (Å²) in [5.41, 5.74) is 0.0425. The summed E-state index contributed by atoms with van der Waals surface area (Å²) >= 11 is 6.01. The van der Waals surface area contributed by atoms with Gasteiger partial charge in [0.1, 0.15) is 5.57 Å². The number of phenols is 1. The zero-order chi connectivity index (χ0) is 16.5. The molecule has 0 atom stereocenters. The average molecular weight is 327 g/mol. The van der Waals surface area contributed by atoms with E-state index in [-0.39, 0.29) is 22.1 Å². The number of esters is 2. The lowest BCUT2D eigenvalue weighted by Crippen LogP contribution is -2.41. The van der Waals surface area contributed by atoms with E-state index in [2.05, 4.69) is 0 Å². The summed E-state index contributed by atoms with van der Waals surface area (Å²) in [6, 6.07) is 2.69. The molecule has 1 N–H and O–H groups in total. The van der Waals surface area contributed by atoms with Gasteiger partial charge in [-0.2, -0.15) is 0 Å². The van der Waals surface area contributed by atoms with Gasteiger partial charge in [-0.3, -0.25) is 0 Å². The van der Waals surface area contributed by atoms with Gasteiger partial charge in [0.15, 0.2) is 11.5 Å². The predicted molar refractivity (Wildman–Crippen MR) is 78.5 cm³/mol. The Kier molecular flexibility index (Phi) is 4.32. The molecule has 0 radical (unpaired) electrons. The third kappa shape index (κ3) is 3.33. The first-order chi connectivity index (χ1) is 10.2. The van der Waals surface area contributed by atoms with E-state index < -0.39 is 17.7 Å². The van der Waals surface area contributed by atoms with Crippen molar-refractivity contribution in [2.75, 3.05) is 6.61 Å². The first-order valence-corrected chi connectivity index (χ1v) is 6.95. The maximum absolute atomic E-state index is 11.9. The van der Waals surface area contributed by atoms with Crippen LogP contribution in [0.15, 0.2) is 17.7 Å². The molecule has 6 nitrogen and oxygen atoms in total. The molecule has 1 saturated heterocycles. The fourth-order valence-corrected chi connectivity index (χ4v) is 2.09. The second-order valence-electron chi connectivity index (χ2n) is 5.01. The smallest absolute Gasteiger partial charge is 0.348 e. The lowest BCUT2D eigenvalue weighted by atomic mass is 10.1. The Balaban J connectivity index is 2.42. The molecule has 0 unspecified atom stereocenters. The van der Waals surface area contributed by atoms with Crippen LogP contribution in [0.5, 0.6) is 11.5 Å². The Hall–Kier alpha value is -2.21. The number of phenolic OH excluding ortho intramolecular Hbond substituents is 1. The Morgan fingerprint density at radius 1 is 1.27 bits per heavy atom. The van der Waals surface area contributed by atoms with Crippen LogP contribution in [0.25, 0.3) is 6.08 Å². The topological polar surface area (TPSA) is 82.1 Å². The number of carbonyl (C=O) groups is 2. The second kappa shape index (κ2) is 5.88. The first kappa shape index (κ1) is 16.2. The Morgan fingerprint density at radius 3 is 2.41 bits per heavy atom. The molecule has 118 valence electrons. The molecule has 0 amide bonds. The monoisotopic (exact) mass is 326 g/mol. The number of ether oxygens (including phenoxy) is 3. The molecule has 0 bridgehead atoms.